The maximum atomic E-state index is 13.5. The fraction of sp³-hybridized carbons (Fsp3) is 0.381. The molecule has 8 nitrogen and oxygen atoms in total. The fourth-order valence-electron chi connectivity index (χ4n) is 3.85. The second-order valence-corrected chi connectivity index (χ2v) is 7.61. The summed E-state index contributed by atoms with van der Waals surface area (Å²) in [6, 6.07) is -0.384. The highest BCUT2D eigenvalue weighted by molar-refractivity contribution is 6.31. The average molecular weight is 401 g/mol. The Kier molecular flexibility index (Phi) is 4.78. The molecule has 0 aromatic heterocycles. The van der Waals surface area contributed by atoms with Gasteiger partial charge in [-0.15, -0.1) is 0 Å². The summed E-state index contributed by atoms with van der Waals surface area (Å²) in [5.74, 6) is -2.64. The van der Waals surface area contributed by atoms with E-state index < -0.39 is 28.5 Å². The lowest BCUT2D eigenvalue weighted by atomic mass is 9.70. The molecule has 0 bridgehead atoms. The minimum absolute atomic E-state index is 0.0166. The fourth-order valence-corrected chi connectivity index (χ4v) is 3.85. The summed E-state index contributed by atoms with van der Waals surface area (Å²) < 4.78 is 5.69. The monoisotopic (exact) mass is 401 g/mol. The highest BCUT2D eigenvalue weighted by Crippen LogP contribution is 2.57. The Hall–Kier alpha value is -3.13. The van der Waals surface area contributed by atoms with Crippen molar-refractivity contribution in [2.75, 3.05) is 6.61 Å². The van der Waals surface area contributed by atoms with Crippen LogP contribution in [0.1, 0.15) is 49.2 Å². The van der Waals surface area contributed by atoms with Crippen LogP contribution in [-0.2, 0) is 15.0 Å². The molecule has 0 spiro atoms. The van der Waals surface area contributed by atoms with Crippen LogP contribution in [0, 0.1) is 6.92 Å². The molecule has 154 valence electrons. The standard InChI is InChI=1S/C21H23NO7/c1-8(7-23)22-10(3)14-12(25)6-13-21(5,20(14)28)16-18(27)9(2)17(26)15(11(4)24)19(16)29-13/h6,8,22-23,26-27H,7H2,1-5H3/b14-10+/t8?,21-/m1/s1. The van der Waals surface area contributed by atoms with Gasteiger partial charge in [0.1, 0.15) is 34.0 Å². The molecule has 0 amide bonds. The predicted octanol–water partition coefficient (Wildman–Crippen LogP) is 1.54. The number of hydrogen-bond acceptors (Lipinski definition) is 8. The Balaban J connectivity index is 2.31. The van der Waals surface area contributed by atoms with Gasteiger partial charge in [0.05, 0.1) is 17.7 Å². The number of ether oxygens (including phenoxy) is 1. The van der Waals surface area contributed by atoms with Gasteiger partial charge >= 0.3 is 0 Å². The van der Waals surface area contributed by atoms with Crippen LogP contribution in [0.2, 0.25) is 0 Å². The maximum absolute atomic E-state index is 13.5. The lowest BCUT2D eigenvalue weighted by Gasteiger charge is -2.29. The van der Waals surface area contributed by atoms with Crippen LogP contribution >= 0.6 is 0 Å². The first-order chi connectivity index (χ1) is 13.5. The van der Waals surface area contributed by atoms with Crippen LogP contribution in [-0.4, -0.2) is 45.3 Å². The Morgan fingerprint density at radius 2 is 1.86 bits per heavy atom. The van der Waals surface area contributed by atoms with E-state index in [1.807, 2.05) is 0 Å². The van der Waals surface area contributed by atoms with Crippen molar-refractivity contribution in [2.45, 2.75) is 46.1 Å². The van der Waals surface area contributed by atoms with E-state index in [1.54, 1.807) is 13.8 Å². The topological polar surface area (TPSA) is 133 Å². The molecule has 0 saturated carbocycles. The Morgan fingerprint density at radius 3 is 2.41 bits per heavy atom. The van der Waals surface area contributed by atoms with Crippen LogP contribution in [0.25, 0.3) is 0 Å². The molecule has 0 saturated heterocycles. The van der Waals surface area contributed by atoms with E-state index in [0.717, 1.165) is 6.08 Å². The molecule has 1 unspecified atom stereocenters. The molecule has 0 fully saturated rings. The number of carbonyl (C=O) groups excluding carboxylic acids is 3. The molecule has 2 aliphatic rings. The number of phenolic OH excluding ortho intramolecular Hbond substituents is 2. The number of Topliss-reactive ketones (excluding diaryl/α,β-unsaturated/α-hetero) is 2. The van der Waals surface area contributed by atoms with Crippen LogP contribution < -0.4 is 10.1 Å². The molecule has 0 radical (unpaired) electrons. The van der Waals surface area contributed by atoms with Crippen molar-refractivity contribution in [1.29, 1.82) is 0 Å². The summed E-state index contributed by atoms with van der Waals surface area (Å²) in [6.45, 7) is 7.21. The third-order valence-corrected chi connectivity index (χ3v) is 5.50. The first kappa shape index (κ1) is 20.6. The molecule has 1 heterocycles. The number of aliphatic hydroxyl groups excluding tert-OH is 1. The average Bonchev–Trinajstić information content (AvgIpc) is 2.93. The van der Waals surface area contributed by atoms with Crippen molar-refractivity contribution in [2.24, 2.45) is 0 Å². The highest BCUT2D eigenvalue weighted by Gasteiger charge is 2.56. The van der Waals surface area contributed by atoms with Crippen LogP contribution in [0.15, 0.2) is 23.1 Å². The smallest absolute Gasteiger partial charge is 0.194 e. The van der Waals surface area contributed by atoms with E-state index in [2.05, 4.69) is 5.32 Å². The number of aromatic hydroxyl groups is 2. The van der Waals surface area contributed by atoms with E-state index in [0.29, 0.717) is 0 Å². The van der Waals surface area contributed by atoms with Gasteiger partial charge in [-0.1, -0.05) is 0 Å². The van der Waals surface area contributed by atoms with Crippen molar-refractivity contribution in [3.8, 4) is 17.2 Å². The largest absolute Gasteiger partial charge is 0.507 e. The lowest BCUT2D eigenvalue weighted by molar-refractivity contribution is -0.123. The second kappa shape index (κ2) is 6.73. The second-order valence-electron chi connectivity index (χ2n) is 7.61. The number of aliphatic hydroxyl groups is 1. The molecule has 1 aromatic carbocycles. The van der Waals surface area contributed by atoms with Gasteiger partial charge in [0.15, 0.2) is 17.3 Å². The summed E-state index contributed by atoms with van der Waals surface area (Å²) in [6.07, 6.45) is 1.15. The van der Waals surface area contributed by atoms with Crippen LogP contribution in [0.3, 0.4) is 0 Å². The number of rotatable bonds is 4. The summed E-state index contributed by atoms with van der Waals surface area (Å²) in [4.78, 5) is 38.3. The van der Waals surface area contributed by atoms with Gasteiger partial charge in [0.2, 0.25) is 0 Å². The zero-order valence-corrected chi connectivity index (χ0v) is 16.8. The molecule has 2 atom stereocenters. The van der Waals surface area contributed by atoms with Gasteiger partial charge in [-0.2, -0.15) is 0 Å². The number of phenols is 2. The molecular formula is C21H23NO7. The van der Waals surface area contributed by atoms with Gasteiger partial charge in [0, 0.05) is 23.4 Å². The van der Waals surface area contributed by atoms with Crippen molar-refractivity contribution < 1.29 is 34.4 Å². The summed E-state index contributed by atoms with van der Waals surface area (Å²) in [5, 5.41) is 33.2. The van der Waals surface area contributed by atoms with E-state index in [9.17, 15) is 29.7 Å². The molecule has 3 rings (SSSR count). The number of carbonyl (C=O) groups is 3. The van der Waals surface area contributed by atoms with Crippen LogP contribution in [0.4, 0.5) is 0 Å². The van der Waals surface area contributed by atoms with E-state index >= 15 is 0 Å². The predicted molar refractivity (Wildman–Crippen MR) is 103 cm³/mol. The van der Waals surface area contributed by atoms with Crippen molar-refractivity contribution in [1.82, 2.24) is 5.32 Å². The first-order valence-electron chi connectivity index (χ1n) is 9.14. The minimum Gasteiger partial charge on any atom is -0.507 e. The highest BCUT2D eigenvalue weighted by atomic mass is 16.5. The van der Waals surface area contributed by atoms with Gasteiger partial charge in [-0.05, 0) is 34.6 Å². The first-order valence-corrected chi connectivity index (χ1v) is 9.14. The van der Waals surface area contributed by atoms with Gasteiger partial charge in [0.25, 0.3) is 0 Å². The molecule has 1 aliphatic carbocycles. The molecule has 8 heteroatoms. The third kappa shape index (κ3) is 2.74. The quantitative estimate of drug-likeness (QED) is 0.339. The van der Waals surface area contributed by atoms with Crippen molar-refractivity contribution in [3.63, 3.8) is 0 Å². The third-order valence-electron chi connectivity index (χ3n) is 5.50. The maximum Gasteiger partial charge on any atom is 0.194 e. The van der Waals surface area contributed by atoms with E-state index in [4.69, 9.17) is 4.74 Å². The summed E-state index contributed by atoms with van der Waals surface area (Å²) in [5.41, 5.74) is -1.45. The molecular weight excluding hydrogens is 378 g/mol. The molecule has 4 N–H and O–H groups in total. The normalized spacial score (nSPS) is 23.0. The zero-order chi connectivity index (χ0) is 21.8. The number of fused-ring (bicyclic) bond motifs is 3. The lowest BCUT2D eigenvalue weighted by Crippen LogP contribution is -2.42. The van der Waals surface area contributed by atoms with Gasteiger partial charge in [-0.25, -0.2) is 0 Å². The molecule has 29 heavy (non-hydrogen) atoms. The number of nitrogens with one attached hydrogen (secondary N) is 1. The number of benzene rings is 1. The number of allylic oxidation sites excluding steroid dienone is 4. The summed E-state index contributed by atoms with van der Waals surface area (Å²) >= 11 is 0. The van der Waals surface area contributed by atoms with Crippen molar-refractivity contribution in [3.05, 3.63) is 39.8 Å². The molecule has 1 aliphatic heterocycles. The van der Waals surface area contributed by atoms with E-state index in [-0.39, 0.29) is 57.9 Å². The summed E-state index contributed by atoms with van der Waals surface area (Å²) in [7, 11) is 0. The Labute approximate surface area is 167 Å². The van der Waals surface area contributed by atoms with Gasteiger partial charge < -0.3 is 25.4 Å². The van der Waals surface area contributed by atoms with E-state index in [1.165, 1.54) is 20.8 Å². The van der Waals surface area contributed by atoms with Crippen LogP contribution in [0.5, 0.6) is 17.2 Å². The zero-order valence-electron chi connectivity index (χ0n) is 16.8. The number of ketones is 3. The Bertz CT molecular complexity index is 1030. The Morgan fingerprint density at radius 1 is 1.24 bits per heavy atom. The number of hydrogen-bond donors (Lipinski definition) is 4. The minimum atomic E-state index is -1.54. The molecule has 1 aromatic rings. The SMILES string of the molecule is CC(=O)c1c(O)c(C)c(O)c2c1OC1=CC(=O)/C(=C(/C)NC(C)CO)C(=O)[C@]12C. The van der Waals surface area contributed by atoms with Gasteiger partial charge in [-0.3, -0.25) is 14.4 Å². The van der Waals surface area contributed by atoms with Crippen molar-refractivity contribution >= 4 is 17.3 Å².